The third-order valence-corrected chi connectivity index (χ3v) is 17.6. The molecule has 1 amide bonds. The van der Waals surface area contributed by atoms with Crippen LogP contribution in [-0.2, 0) is 47.8 Å². The van der Waals surface area contributed by atoms with Crippen LogP contribution in [-0.4, -0.2) is 138 Å². The zero-order valence-corrected chi connectivity index (χ0v) is 46.7. The molecule has 2 saturated heterocycles. The average Bonchev–Trinajstić information content (AvgIpc) is 3.72. The number of amides is 1. The Balaban J connectivity index is 1.23. The van der Waals surface area contributed by atoms with Crippen LogP contribution in [0.2, 0.25) is 0 Å². The van der Waals surface area contributed by atoms with Gasteiger partial charge in [-0.1, -0.05) is 95.0 Å². The van der Waals surface area contributed by atoms with E-state index in [1.807, 2.05) is 83.3 Å². The molecule has 4 bridgehead atoms. The number of ether oxygens (including phenoxy) is 4. The number of para-hydroxylation sites is 1. The zero-order chi connectivity index (χ0) is 54.7. The minimum absolute atomic E-state index is 0.00762. The molecule has 0 spiro atoms. The number of nitrogens with zero attached hydrogens (tertiary/aromatic N) is 2. The number of piperidine rings is 1. The van der Waals surface area contributed by atoms with Gasteiger partial charge in [0.1, 0.15) is 30.2 Å². The highest BCUT2D eigenvalue weighted by atomic mass is 32.2. The van der Waals surface area contributed by atoms with Crippen LogP contribution in [0.15, 0.2) is 76.8 Å². The van der Waals surface area contributed by atoms with Gasteiger partial charge in [0.15, 0.2) is 11.3 Å². The molecule has 4 N–H and O–H groups in total. The number of aliphatic hydroxyl groups excluding tert-OH is 2. The van der Waals surface area contributed by atoms with Crippen molar-refractivity contribution in [3.8, 4) is 0 Å². The van der Waals surface area contributed by atoms with E-state index in [1.165, 1.54) is 12.0 Å². The lowest BCUT2D eigenvalue weighted by Gasteiger charge is -2.42. The first-order chi connectivity index (χ1) is 35.6. The minimum Gasteiger partial charge on any atom is -0.461 e. The average molecular weight is 1060 g/mol. The number of benzene rings is 1. The van der Waals surface area contributed by atoms with E-state index in [0.29, 0.717) is 69.8 Å². The smallest absolute Gasteiger partial charge is 0.311 e. The van der Waals surface area contributed by atoms with E-state index < -0.39 is 89.8 Å². The number of aliphatic hydroxyl groups is 3. The van der Waals surface area contributed by atoms with Gasteiger partial charge in [0.25, 0.3) is 11.7 Å². The molecule has 1 saturated carbocycles. The summed E-state index contributed by atoms with van der Waals surface area (Å²) < 4.78 is 24.0. The lowest BCUT2D eigenvalue weighted by atomic mass is 9.78. The highest BCUT2D eigenvalue weighted by Gasteiger charge is 2.52. The summed E-state index contributed by atoms with van der Waals surface area (Å²) in [5.41, 5.74) is 5.35. The summed E-state index contributed by atoms with van der Waals surface area (Å²) in [7, 11) is 4.95. The number of ketones is 3. The molecule has 16 nitrogen and oxygen atoms in total. The molecule has 16 atom stereocenters. The van der Waals surface area contributed by atoms with Crippen LogP contribution in [0.1, 0.15) is 119 Å². The predicted molar refractivity (Wildman–Crippen MR) is 287 cm³/mol. The third kappa shape index (κ3) is 15.4. The summed E-state index contributed by atoms with van der Waals surface area (Å²) in [6.45, 7) is 12.8. The van der Waals surface area contributed by atoms with Crippen LogP contribution >= 0.6 is 11.8 Å². The second-order valence-electron chi connectivity index (χ2n) is 22.2. The summed E-state index contributed by atoms with van der Waals surface area (Å²) in [4.78, 5) is 81.4. The predicted octanol–water partition coefficient (Wildman–Crippen LogP) is 7.44. The fourth-order valence-electron chi connectivity index (χ4n) is 11.4. The minimum atomic E-state index is -2.38. The number of anilines is 1. The van der Waals surface area contributed by atoms with Gasteiger partial charge in [0.2, 0.25) is 5.79 Å². The Kier molecular flexibility index (Phi) is 22.1. The number of hydroxylamine groups is 1. The number of hydrogen-bond acceptors (Lipinski definition) is 16. The zero-order valence-electron chi connectivity index (χ0n) is 45.9. The molecule has 5 aliphatic rings. The van der Waals surface area contributed by atoms with Gasteiger partial charge in [-0.05, 0) is 113 Å². The molecule has 1 unspecified atom stereocenters. The van der Waals surface area contributed by atoms with Gasteiger partial charge in [-0.2, -0.15) is 5.48 Å². The number of allylic oxidation sites excluding steroid dienone is 6. The van der Waals surface area contributed by atoms with Crippen LogP contribution in [0.5, 0.6) is 0 Å². The highest BCUT2D eigenvalue weighted by molar-refractivity contribution is 8.00. The van der Waals surface area contributed by atoms with Gasteiger partial charge >= 0.3 is 5.97 Å². The Bertz CT molecular complexity index is 2270. The molecule has 6 rings (SSSR count). The Labute approximate surface area is 449 Å². The topological polar surface area (TPSA) is 211 Å². The van der Waals surface area contributed by atoms with Crippen molar-refractivity contribution in [1.29, 1.82) is 0 Å². The Morgan fingerprint density at radius 2 is 1.65 bits per heavy atom. The SMILES string of the molecule is CO[C@H]1C[C@@H]2CC[C@@H](C)[C@@](O)(O2)C(=O)C(=O)N2CCC[C@H](C2)C(=O)O[C@H]([C@H](C)C[C@@H]2CC[C@@H](O)[C@H](ONC3Sc4ccccc4N3C)C2)CC(=O)[C@H](C)/C=C(\C)[C@@H](O)[C@@H](OC)C(=O)[C@H](C)C[C@H](C)/C=C/C=C/C=C/1C. The van der Waals surface area contributed by atoms with Crippen molar-refractivity contribution in [2.24, 2.45) is 41.4 Å². The standard InChI is InChI=1S/C58H85N3O13S/c1-34-17-12-11-13-18-35(2)47(70-9)31-43-24-22-40(7)58(69,73-43)54(66)55(67)61-26-16-19-42(33-61)56(68)72-48(32-46(63)36(3)28-39(6)52(65)53(71-10)51(64)38(5)27-34)37(4)29-41-23-25-45(62)49(30-41)74-59-57-60(8)44-20-14-15-21-50(44)75-57/h11-15,17-18,20-21,28,34,36-38,40-43,45,47-49,52-53,57,59,62,65,69H,16,19,22-27,29-33H2,1-10H3/b13-11+,17-12+,35-18+,39-28+/t34-,36-,37-,38-,40-,41+,42-,43+,45-,47+,48+,49-,52-,53+,57?,58-/m1/s1. The molecule has 4 aliphatic heterocycles. The van der Waals surface area contributed by atoms with E-state index in [0.717, 1.165) is 16.2 Å². The Hall–Kier alpha value is -4.04. The lowest BCUT2D eigenvalue weighted by Crippen LogP contribution is -2.59. The maximum atomic E-state index is 14.4. The van der Waals surface area contributed by atoms with Crippen molar-refractivity contribution < 1.29 is 63.1 Å². The molecule has 1 aromatic rings. The highest BCUT2D eigenvalue weighted by Crippen LogP contribution is 2.42. The van der Waals surface area contributed by atoms with E-state index in [1.54, 1.807) is 45.7 Å². The van der Waals surface area contributed by atoms with Crippen molar-refractivity contribution >= 4 is 46.7 Å². The molecule has 1 aliphatic carbocycles. The second kappa shape index (κ2) is 27.5. The first-order valence-electron chi connectivity index (χ1n) is 27.2. The van der Waals surface area contributed by atoms with Gasteiger partial charge in [-0.15, -0.1) is 0 Å². The van der Waals surface area contributed by atoms with Crippen molar-refractivity contribution in [2.45, 2.75) is 178 Å². The number of rotatable bonds is 8. The maximum absolute atomic E-state index is 14.4. The summed E-state index contributed by atoms with van der Waals surface area (Å²) in [5, 5.41) is 34.6. The summed E-state index contributed by atoms with van der Waals surface area (Å²) in [5.74, 6) is -8.49. The van der Waals surface area contributed by atoms with Gasteiger partial charge < -0.3 is 44.1 Å². The van der Waals surface area contributed by atoms with Crippen LogP contribution in [0.3, 0.4) is 0 Å². The molecule has 3 fully saturated rings. The maximum Gasteiger partial charge on any atom is 0.311 e. The molecular weight excluding hydrogens is 979 g/mol. The second-order valence-corrected chi connectivity index (χ2v) is 23.3. The number of Topliss-reactive ketones (excluding diaryl/α,β-unsaturated/α-hetero) is 3. The first kappa shape index (κ1) is 60.2. The molecule has 17 heteroatoms. The first-order valence-corrected chi connectivity index (χ1v) is 28.1. The summed E-state index contributed by atoms with van der Waals surface area (Å²) >= 11 is 1.63. The van der Waals surface area contributed by atoms with Gasteiger partial charge in [-0.25, -0.2) is 0 Å². The molecule has 75 heavy (non-hydrogen) atoms. The number of nitrogens with one attached hydrogen (secondary N) is 1. The summed E-state index contributed by atoms with van der Waals surface area (Å²) in [6, 6.07) is 8.08. The fourth-order valence-corrected chi connectivity index (χ4v) is 12.5. The van der Waals surface area contributed by atoms with Crippen LogP contribution in [0, 0.1) is 41.4 Å². The fraction of sp³-hybridized carbons (Fsp3) is 0.672. The van der Waals surface area contributed by atoms with E-state index in [-0.39, 0.29) is 54.3 Å². The molecule has 4 heterocycles. The Morgan fingerprint density at radius 1 is 0.907 bits per heavy atom. The normalized spacial score (nSPS) is 38.3. The number of cyclic esters (lactones) is 1. The van der Waals surface area contributed by atoms with Crippen LogP contribution in [0.4, 0.5) is 5.69 Å². The molecular formula is C58H85N3O13S. The molecule has 416 valence electrons. The van der Waals surface area contributed by atoms with E-state index in [2.05, 4.69) is 16.4 Å². The molecule has 0 aromatic heterocycles. The monoisotopic (exact) mass is 1060 g/mol. The molecule has 1 aromatic carbocycles. The number of methoxy groups -OCH3 is 2. The van der Waals surface area contributed by atoms with Crippen LogP contribution < -0.4 is 10.4 Å². The number of esters is 1. The van der Waals surface area contributed by atoms with Gasteiger partial charge in [0.05, 0.1) is 29.9 Å². The van der Waals surface area contributed by atoms with E-state index in [9.17, 15) is 39.3 Å². The van der Waals surface area contributed by atoms with Gasteiger partial charge in [0, 0.05) is 69.8 Å². The summed E-state index contributed by atoms with van der Waals surface area (Å²) in [6.07, 6.45) is 10.3. The number of carbonyl (C=O) groups excluding carboxylic acids is 5. The Morgan fingerprint density at radius 3 is 2.37 bits per heavy atom. The van der Waals surface area contributed by atoms with Gasteiger partial charge in [-0.3, -0.25) is 28.8 Å². The van der Waals surface area contributed by atoms with E-state index >= 15 is 0 Å². The number of hydrogen-bond donors (Lipinski definition) is 4. The number of fused-ring (bicyclic) bond motifs is 5. The largest absolute Gasteiger partial charge is 0.461 e. The quantitative estimate of drug-likeness (QED) is 0.0863. The van der Waals surface area contributed by atoms with Crippen molar-refractivity contribution in [2.75, 3.05) is 39.3 Å². The van der Waals surface area contributed by atoms with Crippen molar-refractivity contribution in [3.05, 3.63) is 71.9 Å². The third-order valence-electron chi connectivity index (χ3n) is 16.3. The van der Waals surface area contributed by atoms with Crippen molar-refractivity contribution in [1.82, 2.24) is 10.4 Å². The lowest BCUT2D eigenvalue weighted by molar-refractivity contribution is -0.265. The number of thioether (sulfide) groups is 1. The van der Waals surface area contributed by atoms with Crippen molar-refractivity contribution in [3.63, 3.8) is 0 Å². The van der Waals surface area contributed by atoms with E-state index in [4.69, 9.17) is 23.8 Å². The van der Waals surface area contributed by atoms with Crippen LogP contribution in [0.25, 0.3) is 0 Å². The molecule has 0 radical (unpaired) electrons. The number of carbonyl (C=O) groups is 5.